The Bertz CT molecular complexity index is 3160. The zero-order valence-electron chi connectivity index (χ0n) is 43.0. The summed E-state index contributed by atoms with van der Waals surface area (Å²) in [5.41, 5.74) is -1.68. The molecule has 6 aromatic carbocycles. The van der Waals surface area contributed by atoms with Crippen LogP contribution in [0, 0.1) is 10.8 Å². The van der Waals surface area contributed by atoms with Crippen LogP contribution in [0.3, 0.4) is 0 Å². The van der Waals surface area contributed by atoms with Gasteiger partial charge in [0, 0.05) is 0 Å². The molecule has 6 aromatic rings. The normalized spacial score (nSPS) is 17.7. The molecule has 76 heavy (non-hydrogen) atoms. The Morgan fingerprint density at radius 1 is 0.474 bits per heavy atom. The molecule has 0 saturated carbocycles. The summed E-state index contributed by atoms with van der Waals surface area (Å²) in [6, 6.07) is 24.2. The summed E-state index contributed by atoms with van der Waals surface area (Å²) >= 11 is -6.74. The Kier molecular flexibility index (Phi) is 14.0. The third-order valence-electron chi connectivity index (χ3n) is 15.5. The Balaban J connectivity index is 1.45. The molecule has 0 bridgehead atoms. The average Bonchev–Trinajstić information content (AvgIpc) is 4.06. The van der Waals surface area contributed by atoms with Gasteiger partial charge in [0.15, 0.2) is 0 Å². The molecule has 3 aliphatic rings. The van der Waals surface area contributed by atoms with Gasteiger partial charge in [0.1, 0.15) is 0 Å². The number of aryl methyl sites for hydroxylation is 2. The molecular formula is C60H55Cl2F12SiZr. The van der Waals surface area contributed by atoms with Crippen LogP contribution in [0.2, 0.25) is 0 Å². The number of benzene rings is 6. The van der Waals surface area contributed by atoms with Gasteiger partial charge >= 0.3 is 449 Å². The van der Waals surface area contributed by atoms with E-state index in [1.165, 1.54) is 0 Å². The molecule has 1 heterocycles. The second kappa shape index (κ2) is 18.9. The van der Waals surface area contributed by atoms with Gasteiger partial charge in [-0.25, -0.2) is 0 Å². The van der Waals surface area contributed by atoms with E-state index in [1.54, 1.807) is 12.1 Å². The molecule has 0 spiro atoms. The third-order valence-corrected chi connectivity index (χ3v) is 38.0. The monoisotopic (exact) mass is 1190 g/mol. The van der Waals surface area contributed by atoms with Crippen molar-refractivity contribution in [3.63, 3.8) is 0 Å². The van der Waals surface area contributed by atoms with E-state index in [0.717, 1.165) is 45.8 Å². The number of fused-ring (bicyclic) bond motifs is 5. The van der Waals surface area contributed by atoms with E-state index in [0.29, 0.717) is 73.5 Å². The second-order valence-corrected chi connectivity index (χ2v) is 45.1. The molecule has 0 fully saturated rings. The van der Waals surface area contributed by atoms with Crippen molar-refractivity contribution < 1.29 is 69.1 Å². The summed E-state index contributed by atoms with van der Waals surface area (Å²) in [6.07, 6.45) is -15.3. The minimum absolute atomic E-state index is 0.110. The number of halogens is 14. The van der Waals surface area contributed by atoms with Crippen molar-refractivity contribution in [1.82, 2.24) is 0 Å². The maximum absolute atomic E-state index is 14.7. The fourth-order valence-corrected chi connectivity index (χ4v) is 40.7. The van der Waals surface area contributed by atoms with Crippen LogP contribution in [0.5, 0.6) is 0 Å². The van der Waals surface area contributed by atoms with Crippen LogP contribution in [-0.2, 0) is 53.9 Å². The first-order chi connectivity index (χ1) is 35.1. The molecule has 0 amide bonds. The summed E-state index contributed by atoms with van der Waals surface area (Å²) in [4.78, 5) is 0. The van der Waals surface area contributed by atoms with Crippen molar-refractivity contribution in [1.29, 1.82) is 0 Å². The van der Waals surface area contributed by atoms with Gasteiger partial charge in [-0.2, -0.15) is 0 Å². The summed E-state index contributed by atoms with van der Waals surface area (Å²) < 4.78 is 175. The second-order valence-electron chi connectivity index (χ2n) is 22.7. The molecule has 2 unspecified atom stereocenters. The van der Waals surface area contributed by atoms with E-state index < -0.39 is 91.0 Å². The van der Waals surface area contributed by atoms with Crippen molar-refractivity contribution in [2.45, 2.75) is 113 Å². The van der Waals surface area contributed by atoms with Gasteiger partial charge in [-0.15, -0.1) is 0 Å². The fraction of sp³-hybridized carbons (Fsp3) is 0.333. The standard InChI is InChI=1S/2C24H23F6.C12H9Si.2ClH.Zr/c2*1-5-6-14-7-8-15-9-17(22(2,3)4)13-20(15)21(14)16-10-18(23(25,26)27)12-19(11-16)24(28,29)30;1-3-7-11-9(5-1)10-6-2-4-8-12(10)13-11;;;/h2*7-13H,5-6H2,1-4H3;1-7H,13H2;2*1H;/q;;;;;+2/p-2. The Morgan fingerprint density at radius 2 is 0.855 bits per heavy atom. The number of hydrogen-bond donors (Lipinski definition) is 0. The van der Waals surface area contributed by atoms with Gasteiger partial charge in [-0.05, 0) is 0 Å². The molecule has 0 saturated heterocycles. The van der Waals surface area contributed by atoms with Gasteiger partial charge in [-0.1, -0.05) is 0 Å². The van der Waals surface area contributed by atoms with Crippen molar-refractivity contribution in [2.75, 3.05) is 0 Å². The predicted molar refractivity (Wildman–Crippen MR) is 283 cm³/mol. The van der Waals surface area contributed by atoms with Gasteiger partial charge in [-0.3, -0.25) is 0 Å². The molecule has 9 rings (SSSR count). The Labute approximate surface area is 445 Å². The van der Waals surface area contributed by atoms with Gasteiger partial charge in [0.25, 0.3) is 0 Å². The van der Waals surface area contributed by atoms with Crippen LogP contribution in [-0.4, -0.2) is 9.52 Å². The van der Waals surface area contributed by atoms with E-state index in [2.05, 4.69) is 6.07 Å². The molecule has 0 radical (unpaired) electrons. The van der Waals surface area contributed by atoms with Crippen LogP contribution in [0.4, 0.5) is 52.7 Å². The molecule has 16 heteroatoms. The van der Waals surface area contributed by atoms with Crippen molar-refractivity contribution in [2.24, 2.45) is 10.8 Å². The SMILES string of the molecule is CCCc1ccc2c(c1-c1cc(C(F)(F)F)cc(C(F)(F)F)c1)C=C(C(C)(C)C)[CH]2[Zr]([Cl])([Cl])([c]1cccc2c1[SiH2]c1ccccc1-2)[CH]1C(C(C)(C)C)=Cc2c1ccc(CCC)c2-c1cc(C(F)(F)F)cc(C(F)(F)F)c1. The van der Waals surface area contributed by atoms with E-state index in [4.69, 9.17) is 0 Å². The first-order valence-corrected chi connectivity index (χ1v) is 37.0. The van der Waals surface area contributed by atoms with Gasteiger partial charge in [0.05, 0.1) is 0 Å². The molecule has 1 aliphatic heterocycles. The molecule has 2 atom stereocenters. The zero-order valence-corrected chi connectivity index (χ0v) is 48.3. The van der Waals surface area contributed by atoms with Crippen LogP contribution >= 0.6 is 17.0 Å². The van der Waals surface area contributed by atoms with Crippen LogP contribution in [0.1, 0.15) is 131 Å². The van der Waals surface area contributed by atoms with Crippen molar-refractivity contribution >= 4 is 52.3 Å². The number of hydrogen-bond acceptors (Lipinski definition) is 0. The van der Waals surface area contributed by atoms with Crippen LogP contribution in [0.25, 0.3) is 45.5 Å². The fourth-order valence-electron chi connectivity index (χ4n) is 12.3. The average molecular weight is 1190 g/mol. The Morgan fingerprint density at radius 3 is 1.22 bits per heavy atom. The summed E-state index contributed by atoms with van der Waals surface area (Å²) in [6.45, 7) is 15.4. The van der Waals surface area contributed by atoms with E-state index in [9.17, 15) is 69.7 Å². The minimum atomic E-state index is -6.74. The van der Waals surface area contributed by atoms with Crippen molar-refractivity contribution in [3.8, 4) is 33.4 Å². The van der Waals surface area contributed by atoms with Gasteiger partial charge in [0.2, 0.25) is 0 Å². The molecule has 401 valence electrons. The van der Waals surface area contributed by atoms with E-state index in [1.807, 2.05) is 116 Å². The Hall–Kier alpha value is -4.36. The van der Waals surface area contributed by atoms with E-state index >= 15 is 0 Å². The predicted octanol–water partition coefficient (Wildman–Crippen LogP) is 18.1. The number of allylic oxidation sites excluding steroid dienone is 2. The number of alkyl halides is 12. The molecule has 0 N–H and O–H groups in total. The topological polar surface area (TPSA) is 0 Å². The van der Waals surface area contributed by atoms with E-state index in [-0.39, 0.29) is 34.4 Å². The molecule has 0 aromatic heterocycles. The van der Waals surface area contributed by atoms with Crippen molar-refractivity contribution in [3.05, 3.63) is 170 Å². The molecule has 2 aliphatic carbocycles. The summed E-state index contributed by atoms with van der Waals surface area (Å²) in [7, 11) is 17.2. The van der Waals surface area contributed by atoms with Crippen LogP contribution in [0.15, 0.2) is 114 Å². The van der Waals surface area contributed by atoms with Crippen LogP contribution < -0.4 is 13.6 Å². The summed E-state index contributed by atoms with van der Waals surface area (Å²) in [5.74, 6) is 0. The quantitative estimate of drug-likeness (QED) is 0.0998. The van der Waals surface area contributed by atoms with Gasteiger partial charge < -0.3 is 0 Å². The maximum atomic E-state index is 14.7. The first kappa shape index (κ1) is 56.4. The third kappa shape index (κ3) is 9.62. The molecular weight excluding hydrogens is 1140 g/mol. The zero-order chi connectivity index (χ0) is 55.7. The molecule has 0 nitrogen and oxygen atoms in total. The summed E-state index contributed by atoms with van der Waals surface area (Å²) in [5, 5.41) is 2.09. The number of rotatable bonds is 9. The first-order valence-electron chi connectivity index (χ1n) is 25.2.